The Hall–Kier alpha value is -5.35. The highest BCUT2D eigenvalue weighted by Crippen LogP contribution is 2.11. The van der Waals surface area contributed by atoms with E-state index >= 15 is 0 Å². The quantitative estimate of drug-likeness (QED) is 0.0623. The zero-order valence-electron chi connectivity index (χ0n) is 27.1. The van der Waals surface area contributed by atoms with Crippen molar-refractivity contribution in [3.05, 3.63) is 88.6 Å². The zero-order chi connectivity index (χ0) is 34.9. The first-order valence-corrected chi connectivity index (χ1v) is 14.5. The van der Waals surface area contributed by atoms with E-state index in [0.29, 0.717) is 5.69 Å². The minimum atomic E-state index is -0.769. The summed E-state index contributed by atoms with van der Waals surface area (Å²) in [6.07, 6.45) is 3.87. The third-order valence-electron chi connectivity index (χ3n) is 5.41. The number of benzene rings is 2. The van der Waals surface area contributed by atoms with E-state index < -0.39 is 23.9 Å². The zero-order valence-corrected chi connectivity index (χ0v) is 27.1. The molecule has 12 heteroatoms. The first kappa shape index (κ1) is 40.6. The third kappa shape index (κ3) is 17.1. The molecule has 0 bridgehead atoms. The Bertz CT molecular complexity index is 1350. The van der Waals surface area contributed by atoms with Gasteiger partial charge in [0.15, 0.2) is 5.57 Å². The molecule has 0 amide bonds. The lowest BCUT2D eigenvalue weighted by Crippen LogP contribution is -2.19. The number of ketones is 1. The standard InChI is InChI=1S/C18H22O5.C8H13NO4.C8H7NO/c1-4-22-17(20)16(18(21)23-5-2)11-10-15(19)12-14-8-6-13(3)7-9-14;1-3-12-7(10)6(5-9)8(11)13-4-2;1-7-2-4-8(5-3-7)9-6-10/h6-9,11H,4-5,10,12H2,1-3H3;5H,3-4,9H2,1-2H3;2-5H,1H3. The number of Topliss-reactive ketones (excluding diaryl/α,β-unsaturated/α-hetero) is 1. The van der Waals surface area contributed by atoms with Crippen LogP contribution in [0.1, 0.15) is 50.8 Å². The van der Waals surface area contributed by atoms with E-state index in [0.717, 1.165) is 22.9 Å². The van der Waals surface area contributed by atoms with Gasteiger partial charge in [-0.25, -0.2) is 24.0 Å². The fraction of sp³-hybridized carbons (Fsp3) is 0.353. The summed E-state index contributed by atoms with van der Waals surface area (Å²) >= 11 is 0. The van der Waals surface area contributed by atoms with Crippen LogP contribution in [0.3, 0.4) is 0 Å². The van der Waals surface area contributed by atoms with Crippen LogP contribution in [-0.2, 0) is 54.1 Å². The number of hydrogen-bond acceptors (Lipinski definition) is 12. The van der Waals surface area contributed by atoms with Crippen molar-refractivity contribution in [3.8, 4) is 0 Å². The van der Waals surface area contributed by atoms with Crippen molar-refractivity contribution in [2.24, 2.45) is 10.7 Å². The molecule has 0 fully saturated rings. The number of carbonyl (C=O) groups is 5. The monoisotopic (exact) mass is 638 g/mol. The first-order valence-electron chi connectivity index (χ1n) is 14.5. The van der Waals surface area contributed by atoms with E-state index in [1.54, 1.807) is 39.8 Å². The molecule has 0 unspecified atom stereocenters. The van der Waals surface area contributed by atoms with Crippen molar-refractivity contribution in [3.63, 3.8) is 0 Å². The SMILES string of the molecule is CCOC(=O)C(=CCC(=O)Cc1ccc(C)cc1)C(=O)OCC.CCOC(=O)C(=CN)C(=O)OCC.Cc1ccc(N=C=O)cc1. The predicted molar refractivity (Wildman–Crippen MR) is 170 cm³/mol. The van der Waals surface area contributed by atoms with E-state index in [4.69, 9.17) is 15.2 Å². The molecule has 0 aliphatic heterocycles. The Labute approximate surface area is 269 Å². The first-order chi connectivity index (χ1) is 22.0. The molecule has 0 saturated carbocycles. The predicted octanol–water partition coefficient (Wildman–Crippen LogP) is 4.47. The number of hydrogen-bond donors (Lipinski definition) is 1. The summed E-state index contributed by atoms with van der Waals surface area (Å²) in [5, 5.41) is 0. The fourth-order valence-corrected chi connectivity index (χ4v) is 3.20. The highest BCUT2D eigenvalue weighted by molar-refractivity contribution is 6.14. The smallest absolute Gasteiger partial charge is 0.347 e. The van der Waals surface area contributed by atoms with Gasteiger partial charge in [-0.2, -0.15) is 4.99 Å². The number of nitrogens with two attached hydrogens (primary N) is 1. The van der Waals surface area contributed by atoms with Gasteiger partial charge in [-0.3, -0.25) is 4.79 Å². The Morgan fingerprint density at radius 3 is 1.43 bits per heavy atom. The second-order valence-corrected chi connectivity index (χ2v) is 9.02. The summed E-state index contributed by atoms with van der Waals surface area (Å²) in [6, 6.07) is 15.0. The molecule has 0 aliphatic carbocycles. The van der Waals surface area contributed by atoms with E-state index in [1.807, 2.05) is 50.2 Å². The Kier molecular flexibility index (Phi) is 21.2. The van der Waals surface area contributed by atoms with Gasteiger partial charge >= 0.3 is 23.9 Å². The van der Waals surface area contributed by atoms with Crippen LogP contribution < -0.4 is 5.73 Å². The van der Waals surface area contributed by atoms with Crippen molar-refractivity contribution < 1.29 is 47.7 Å². The lowest BCUT2D eigenvalue weighted by Gasteiger charge is -2.06. The highest BCUT2D eigenvalue weighted by Gasteiger charge is 2.21. The van der Waals surface area contributed by atoms with Gasteiger partial charge in [0.25, 0.3) is 0 Å². The van der Waals surface area contributed by atoms with Crippen LogP contribution in [0, 0.1) is 13.8 Å². The maximum absolute atomic E-state index is 12.0. The number of carbonyl (C=O) groups excluding carboxylic acids is 6. The number of isocyanates is 1. The van der Waals surface area contributed by atoms with Crippen LogP contribution >= 0.6 is 0 Å². The molecule has 2 aromatic rings. The van der Waals surface area contributed by atoms with Gasteiger partial charge in [0.1, 0.15) is 11.4 Å². The maximum Gasteiger partial charge on any atom is 0.347 e. The molecule has 0 aromatic heterocycles. The van der Waals surface area contributed by atoms with Crippen LogP contribution in [0.15, 0.2) is 76.9 Å². The molecule has 0 saturated heterocycles. The van der Waals surface area contributed by atoms with Gasteiger partial charge in [-0.15, -0.1) is 0 Å². The summed E-state index contributed by atoms with van der Waals surface area (Å²) in [6.45, 7) is 11.2. The van der Waals surface area contributed by atoms with Crippen LogP contribution in [0.2, 0.25) is 0 Å². The molecule has 2 rings (SSSR count). The van der Waals surface area contributed by atoms with Gasteiger partial charge in [-0.1, -0.05) is 53.6 Å². The normalized spacial score (nSPS) is 9.26. The molecular formula is C34H42N2O10. The molecule has 0 spiro atoms. The van der Waals surface area contributed by atoms with E-state index in [2.05, 4.69) is 14.5 Å². The molecule has 248 valence electrons. The second kappa shape index (κ2) is 24.0. The average Bonchev–Trinajstić information content (AvgIpc) is 3.01. The Balaban J connectivity index is 0.000000739. The molecule has 2 aromatic carbocycles. The minimum Gasteiger partial charge on any atom is -0.462 e. The third-order valence-corrected chi connectivity index (χ3v) is 5.41. The molecule has 12 nitrogen and oxygen atoms in total. The number of allylic oxidation sites excluding steroid dienone is 1. The minimum absolute atomic E-state index is 0.0269. The van der Waals surface area contributed by atoms with Crippen LogP contribution in [-0.4, -0.2) is 62.2 Å². The Morgan fingerprint density at radius 1 is 0.674 bits per heavy atom. The lowest BCUT2D eigenvalue weighted by atomic mass is 10.0. The summed E-state index contributed by atoms with van der Waals surface area (Å²) < 4.78 is 18.8. The van der Waals surface area contributed by atoms with Crippen LogP contribution in [0.4, 0.5) is 5.69 Å². The molecular weight excluding hydrogens is 596 g/mol. The average molecular weight is 639 g/mol. The van der Waals surface area contributed by atoms with Crippen molar-refractivity contribution in [1.82, 2.24) is 0 Å². The molecule has 46 heavy (non-hydrogen) atoms. The van der Waals surface area contributed by atoms with Gasteiger partial charge < -0.3 is 24.7 Å². The number of ether oxygens (including phenoxy) is 4. The van der Waals surface area contributed by atoms with E-state index in [-0.39, 0.29) is 56.2 Å². The number of aliphatic imine (C=N–C) groups is 1. The summed E-state index contributed by atoms with van der Waals surface area (Å²) in [4.78, 5) is 70.8. The second-order valence-electron chi connectivity index (χ2n) is 9.02. The molecule has 0 atom stereocenters. The number of esters is 4. The van der Waals surface area contributed by atoms with Crippen LogP contribution in [0.25, 0.3) is 0 Å². The summed E-state index contributed by atoms with van der Waals surface area (Å²) in [7, 11) is 0. The summed E-state index contributed by atoms with van der Waals surface area (Å²) in [5.74, 6) is -3.16. The number of aryl methyl sites for hydroxylation is 2. The van der Waals surface area contributed by atoms with Crippen molar-refractivity contribution in [2.45, 2.75) is 54.4 Å². The van der Waals surface area contributed by atoms with Gasteiger partial charge in [0.05, 0.1) is 32.1 Å². The maximum atomic E-state index is 12.0. The molecule has 0 heterocycles. The van der Waals surface area contributed by atoms with Crippen molar-refractivity contribution in [2.75, 3.05) is 26.4 Å². The van der Waals surface area contributed by atoms with Gasteiger partial charge in [0.2, 0.25) is 6.08 Å². The van der Waals surface area contributed by atoms with Gasteiger partial charge in [-0.05, 0) is 59.2 Å². The van der Waals surface area contributed by atoms with Gasteiger partial charge in [0, 0.05) is 19.0 Å². The highest BCUT2D eigenvalue weighted by atomic mass is 16.6. The van der Waals surface area contributed by atoms with E-state index in [1.165, 1.54) is 12.2 Å². The number of rotatable bonds is 13. The van der Waals surface area contributed by atoms with E-state index in [9.17, 15) is 28.8 Å². The fourth-order valence-electron chi connectivity index (χ4n) is 3.20. The van der Waals surface area contributed by atoms with Crippen molar-refractivity contribution >= 4 is 41.4 Å². The molecule has 0 radical (unpaired) electrons. The largest absolute Gasteiger partial charge is 0.462 e. The lowest BCUT2D eigenvalue weighted by molar-refractivity contribution is -0.148. The summed E-state index contributed by atoms with van der Waals surface area (Å²) in [5.41, 5.74) is 8.39. The van der Waals surface area contributed by atoms with Crippen molar-refractivity contribution in [1.29, 1.82) is 0 Å². The topological polar surface area (TPSA) is 178 Å². The molecule has 0 aliphatic rings. The Morgan fingerprint density at radius 2 is 1.07 bits per heavy atom. The number of nitrogens with zero attached hydrogens (tertiary/aromatic N) is 1. The van der Waals surface area contributed by atoms with Crippen LogP contribution in [0.5, 0.6) is 0 Å². The molecule has 2 N–H and O–H groups in total.